The van der Waals surface area contributed by atoms with E-state index < -0.39 is 6.04 Å². The van der Waals surface area contributed by atoms with Gasteiger partial charge in [0.25, 0.3) is 0 Å². The van der Waals surface area contributed by atoms with Crippen LogP contribution in [0.25, 0.3) is 10.9 Å². The first-order valence-electron chi connectivity index (χ1n) is 9.58. The molecule has 156 valence electrons. The van der Waals surface area contributed by atoms with E-state index in [1.165, 1.54) is 14.2 Å². The van der Waals surface area contributed by atoms with E-state index in [-0.39, 0.29) is 11.8 Å². The quantitative estimate of drug-likeness (QED) is 0.623. The minimum Gasteiger partial charge on any atom is -0.495 e. The van der Waals surface area contributed by atoms with Crippen molar-refractivity contribution >= 4 is 40.0 Å². The van der Waals surface area contributed by atoms with Crippen LogP contribution in [0.5, 0.6) is 11.5 Å². The average molecular weight is 428 g/mol. The maximum Gasteiger partial charge on any atom is 0.247 e. The summed E-state index contributed by atoms with van der Waals surface area (Å²) in [6.07, 6.45) is 2.68. The second-order valence-corrected chi connectivity index (χ2v) is 7.52. The maximum absolute atomic E-state index is 13.1. The Balaban J connectivity index is 1.57. The van der Waals surface area contributed by atoms with Gasteiger partial charge in [-0.3, -0.25) is 9.59 Å². The molecule has 1 aliphatic heterocycles. The largest absolute Gasteiger partial charge is 0.495 e. The van der Waals surface area contributed by atoms with Crippen LogP contribution in [-0.4, -0.2) is 42.0 Å². The molecule has 0 saturated carbocycles. The fourth-order valence-corrected chi connectivity index (χ4v) is 4.06. The van der Waals surface area contributed by atoms with Crippen molar-refractivity contribution in [2.45, 2.75) is 25.4 Å². The van der Waals surface area contributed by atoms with E-state index in [4.69, 9.17) is 21.1 Å². The van der Waals surface area contributed by atoms with Gasteiger partial charge in [-0.1, -0.05) is 29.8 Å². The third-order valence-corrected chi connectivity index (χ3v) is 5.67. The number of aromatic nitrogens is 1. The number of H-pyrrole nitrogens is 1. The molecule has 1 unspecified atom stereocenters. The number of carbonyl (C=O) groups excluding carboxylic acids is 2. The number of methoxy groups -OCH3 is 2. The zero-order chi connectivity index (χ0) is 21.3. The topological polar surface area (TPSA) is 83.7 Å². The highest BCUT2D eigenvalue weighted by Crippen LogP contribution is 2.36. The molecule has 4 rings (SSSR count). The molecule has 0 spiro atoms. The highest BCUT2D eigenvalue weighted by Gasteiger charge is 2.36. The van der Waals surface area contributed by atoms with E-state index in [1.54, 1.807) is 17.0 Å². The first-order valence-corrected chi connectivity index (χ1v) is 9.96. The molecule has 2 amide bonds. The highest BCUT2D eigenvalue weighted by molar-refractivity contribution is 6.32. The summed E-state index contributed by atoms with van der Waals surface area (Å²) in [7, 11) is 2.99. The van der Waals surface area contributed by atoms with E-state index in [2.05, 4.69) is 10.3 Å². The monoisotopic (exact) mass is 427 g/mol. The second-order valence-electron chi connectivity index (χ2n) is 7.11. The van der Waals surface area contributed by atoms with Crippen molar-refractivity contribution in [3.63, 3.8) is 0 Å². The zero-order valence-electron chi connectivity index (χ0n) is 16.7. The Labute approximate surface area is 178 Å². The van der Waals surface area contributed by atoms with Gasteiger partial charge >= 0.3 is 0 Å². The van der Waals surface area contributed by atoms with Crippen LogP contribution >= 0.6 is 11.6 Å². The number of para-hydroxylation sites is 1. The van der Waals surface area contributed by atoms with Crippen LogP contribution in [0.1, 0.15) is 18.4 Å². The van der Waals surface area contributed by atoms with Gasteiger partial charge in [-0.05, 0) is 18.1 Å². The average Bonchev–Trinajstić information content (AvgIpc) is 3.33. The molecular formula is C22H22ClN3O4. The molecule has 1 atom stereocenters. The standard InChI is InChI=1S/C22H22ClN3O4/c1-29-19-10-17(20(30-2)9-15(19)23)25-22(28)18-7-8-21(27)26(18)12-13-11-24-16-6-4-3-5-14(13)16/h3-6,9-11,18,24H,7-8,12H2,1-2H3,(H,25,28). The molecule has 7 nitrogen and oxygen atoms in total. The van der Waals surface area contributed by atoms with E-state index in [9.17, 15) is 9.59 Å². The lowest BCUT2D eigenvalue weighted by molar-refractivity contribution is -0.133. The number of hydrogen-bond acceptors (Lipinski definition) is 4. The summed E-state index contributed by atoms with van der Waals surface area (Å²) in [6.45, 7) is 0.363. The molecule has 1 aliphatic rings. The van der Waals surface area contributed by atoms with Gasteiger partial charge in [-0.2, -0.15) is 0 Å². The molecule has 0 radical (unpaired) electrons. The van der Waals surface area contributed by atoms with Crippen molar-refractivity contribution in [3.8, 4) is 11.5 Å². The van der Waals surface area contributed by atoms with Gasteiger partial charge in [0, 0.05) is 42.2 Å². The molecule has 2 N–H and O–H groups in total. The Hall–Kier alpha value is -3.19. The number of rotatable bonds is 6. The summed E-state index contributed by atoms with van der Waals surface area (Å²) < 4.78 is 10.6. The minimum absolute atomic E-state index is 0.0407. The fourth-order valence-electron chi connectivity index (χ4n) is 3.82. The van der Waals surface area contributed by atoms with Crippen molar-refractivity contribution in [1.29, 1.82) is 0 Å². The van der Waals surface area contributed by atoms with Crippen LogP contribution in [0.4, 0.5) is 5.69 Å². The third-order valence-electron chi connectivity index (χ3n) is 5.38. The second kappa shape index (κ2) is 8.28. The van der Waals surface area contributed by atoms with Gasteiger partial charge in [0.05, 0.1) is 24.9 Å². The molecule has 8 heteroatoms. The van der Waals surface area contributed by atoms with Crippen molar-refractivity contribution in [1.82, 2.24) is 9.88 Å². The predicted molar refractivity (Wildman–Crippen MR) is 115 cm³/mol. The number of benzene rings is 2. The molecule has 2 heterocycles. The van der Waals surface area contributed by atoms with Crippen LogP contribution in [0.15, 0.2) is 42.6 Å². The Morgan fingerprint density at radius 2 is 2.00 bits per heavy atom. The van der Waals surface area contributed by atoms with Gasteiger partial charge in [-0.25, -0.2) is 0 Å². The van der Waals surface area contributed by atoms with Gasteiger partial charge in [0.15, 0.2) is 0 Å². The Bertz CT molecular complexity index is 1110. The van der Waals surface area contributed by atoms with Crippen molar-refractivity contribution in [2.24, 2.45) is 0 Å². The fraction of sp³-hybridized carbons (Fsp3) is 0.273. The number of nitrogens with zero attached hydrogens (tertiary/aromatic N) is 1. The Morgan fingerprint density at radius 1 is 1.23 bits per heavy atom. The number of aromatic amines is 1. The minimum atomic E-state index is -0.572. The van der Waals surface area contributed by atoms with Crippen molar-refractivity contribution in [2.75, 3.05) is 19.5 Å². The first-order chi connectivity index (χ1) is 14.5. The summed E-state index contributed by atoms with van der Waals surface area (Å²) in [6, 6.07) is 10.5. The lowest BCUT2D eigenvalue weighted by atomic mass is 10.1. The van der Waals surface area contributed by atoms with Crippen molar-refractivity contribution in [3.05, 3.63) is 53.2 Å². The number of fused-ring (bicyclic) bond motifs is 1. The Morgan fingerprint density at radius 3 is 2.77 bits per heavy atom. The predicted octanol–water partition coefficient (Wildman–Crippen LogP) is 3.97. The van der Waals surface area contributed by atoms with E-state index in [0.29, 0.717) is 41.6 Å². The number of nitrogens with one attached hydrogen (secondary N) is 2. The SMILES string of the molecule is COc1cc(NC(=O)C2CCC(=O)N2Cc2c[nH]c3ccccc23)c(OC)cc1Cl. The lowest BCUT2D eigenvalue weighted by Crippen LogP contribution is -2.41. The van der Waals surface area contributed by atoms with Gasteiger partial charge in [0.2, 0.25) is 11.8 Å². The molecule has 0 aliphatic carbocycles. The normalized spacial score (nSPS) is 16.2. The number of amides is 2. The van der Waals surface area contributed by atoms with Gasteiger partial charge < -0.3 is 24.7 Å². The molecule has 1 aromatic heterocycles. The summed E-state index contributed by atoms with van der Waals surface area (Å²) >= 11 is 6.14. The van der Waals surface area contributed by atoms with Gasteiger partial charge in [0.1, 0.15) is 17.5 Å². The van der Waals surface area contributed by atoms with Crippen LogP contribution in [-0.2, 0) is 16.1 Å². The molecule has 30 heavy (non-hydrogen) atoms. The van der Waals surface area contributed by atoms with Crippen LogP contribution in [0, 0.1) is 0 Å². The number of carbonyl (C=O) groups is 2. The third kappa shape index (κ3) is 3.68. The highest BCUT2D eigenvalue weighted by atomic mass is 35.5. The Kier molecular flexibility index (Phi) is 5.55. The number of anilines is 1. The van der Waals surface area contributed by atoms with E-state index in [0.717, 1.165) is 16.5 Å². The van der Waals surface area contributed by atoms with Crippen LogP contribution in [0.3, 0.4) is 0 Å². The summed E-state index contributed by atoms with van der Waals surface area (Å²) in [5, 5.41) is 4.29. The first kappa shape index (κ1) is 20.1. The van der Waals surface area contributed by atoms with Gasteiger partial charge in [-0.15, -0.1) is 0 Å². The summed E-state index contributed by atoms with van der Waals surface area (Å²) in [4.78, 5) is 30.5. The molecule has 2 aromatic carbocycles. The van der Waals surface area contributed by atoms with E-state index in [1.807, 2.05) is 30.5 Å². The molecule has 1 saturated heterocycles. The summed E-state index contributed by atoms with van der Waals surface area (Å²) in [5.41, 5.74) is 2.41. The molecule has 0 bridgehead atoms. The molecule has 3 aromatic rings. The maximum atomic E-state index is 13.1. The number of halogens is 1. The van der Waals surface area contributed by atoms with Crippen molar-refractivity contribution < 1.29 is 19.1 Å². The molecular weight excluding hydrogens is 406 g/mol. The number of hydrogen-bond donors (Lipinski definition) is 2. The number of ether oxygens (including phenoxy) is 2. The summed E-state index contributed by atoms with van der Waals surface area (Å²) in [5.74, 6) is 0.525. The van der Waals surface area contributed by atoms with Crippen LogP contribution < -0.4 is 14.8 Å². The smallest absolute Gasteiger partial charge is 0.247 e. The van der Waals surface area contributed by atoms with Crippen LogP contribution in [0.2, 0.25) is 5.02 Å². The molecule has 1 fully saturated rings. The van der Waals surface area contributed by atoms with E-state index >= 15 is 0 Å². The number of likely N-dealkylation sites (tertiary alicyclic amines) is 1. The zero-order valence-corrected chi connectivity index (χ0v) is 17.5. The lowest BCUT2D eigenvalue weighted by Gasteiger charge is -2.24.